The highest BCUT2D eigenvalue weighted by atomic mass is 127. The SMILES string of the molecule is C[C@@H](NC(=O)OC(C)(C)C)C(=O)I. The predicted molar refractivity (Wildman–Crippen MR) is 57.9 cm³/mol. The number of alkyl carbamates (subject to hydrolysis) is 1. The number of halogens is 1. The fourth-order valence-electron chi connectivity index (χ4n) is 0.541. The highest BCUT2D eigenvalue weighted by molar-refractivity contribution is 14.1. The van der Waals surface area contributed by atoms with Crippen LogP contribution in [0.25, 0.3) is 0 Å². The molecule has 5 heteroatoms. The standard InChI is InChI=1S/C8H14INO3/c1-5(6(9)11)10-7(12)13-8(2,3)4/h5H,1-4H3,(H,10,12)/t5-/m1/s1. The molecule has 0 bridgehead atoms. The van der Waals surface area contributed by atoms with E-state index in [0.717, 1.165) is 0 Å². The van der Waals surface area contributed by atoms with E-state index in [4.69, 9.17) is 4.74 Å². The van der Waals surface area contributed by atoms with Gasteiger partial charge in [-0.3, -0.25) is 4.79 Å². The van der Waals surface area contributed by atoms with Gasteiger partial charge in [-0.25, -0.2) is 4.79 Å². The molecule has 0 aromatic carbocycles. The number of hydrogen-bond donors (Lipinski definition) is 1. The van der Waals surface area contributed by atoms with Gasteiger partial charge in [0.2, 0.25) is 3.79 Å². The van der Waals surface area contributed by atoms with Gasteiger partial charge in [0.15, 0.2) is 0 Å². The van der Waals surface area contributed by atoms with E-state index in [1.54, 1.807) is 50.3 Å². The average Bonchev–Trinajstić information content (AvgIpc) is 1.81. The van der Waals surface area contributed by atoms with E-state index in [1.807, 2.05) is 0 Å². The third-order valence-electron chi connectivity index (χ3n) is 1.07. The van der Waals surface area contributed by atoms with Crippen LogP contribution in [-0.2, 0) is 9.53 Å². The van der Waals surface area contributed by atoms with Crippen molar-refractivity contribution in [2.24, 2.45) is 0 Å². The summed E-state index contributed by atoms with van der Waals surface area (Å²) in [5.74, 6) is 0. The number of hydrogen-bond acceptors (Lipinski definition) is 3. The fraction of sp³-hybridized carbons (Fsp3) is 0.750. The van der Waals surface area contributed by atoms with Crippen molar-refractivity contribution >= 4 is 32.5 Å². The maximum absolute atomic E-state index is 11.1. The Balaban J connectivity index is 3.96. The van der Waals surface area contributed by atoms with E-state index in [0.29, 0.717) is 0 Å². The van der Waals surface area contributed by atoms with Crippen LogP contribution in [0.4, 0.5) is 4.79 Å². The van der Waals surface area contributed by atoms with Gasteiger partial charge in [-0.1, -0.05) is 0 Å². The van der Waals surface area contributed by atoms with Crippen LogP contribution in [-0.4, -0.2) is 21.5 Å². The molecule has 0 aromatic rings. The topological polar surface area (TPSA) is 55.4 Å². The van der Waals surface area contributed by atoms with Crippen molar-refractivity contribution in [1.82, 2.24) is 5.32 Å². The second kappa shape index (κ2) is 4.78. The molecule has 0 saturated heterocycles. The highest BCUT2D eigenvalue weighted by Gasteiger charge is 2.19. The van der Waals surface area contributed by atoms with E-state index in [-0.39, 0.29) is 3.79 Å². The Hall–Kier alpha value is -0.330. The molecular weight excluding hydrogens is 285 g/mol. The Kier molecular flexibility index (Phi) is 4.66. The van der Waals surface area contributed by atoms with Crippen LogP contribution in [0.2, 0.25) is 0 Å². The number of ether oxygens (including phenoxy) is 1. The molecule has 0 spiro atoms. The van der Waals surface area contributed by atoms with E-state index >= 15 is 0 Å². The molecule has 0 heterocycles. The second-order valence-corrected chi connectivity index (χ2v) is 4.74. The molecule has 1 atom stereocenters. The lowest BCUT2D eigenvalue weighted by atomic mass is 10.2. The zero-order chi connectivity index (χ0) is 10.6. The molecule has 1 amide bonds. The van der Waals surface area contributed by atoms with Crippen LogP contribution in [0.1, 0.15) is 27.7 Å². The number of rotatable bonds is 2. The lowest BCUT2D eigenvalue weighted by Crippen LogP contribution is -2.40. The minimum Gasteiger partial charge on any atom is -0.444 e. The molecule has 1 N–H and O–H groups in total. The fourth-order valence-corrected chi connectivity index (χ4v) is 0.697. The molecule has 0 rings (SSSR count). The number of carbonyl (C=O) groups excluding carboxylic acids is 2. The molecule has 0 radical (unpaired) electrons. The van der Waals surface area contributed by atoms with Gasteiger partial charge in [0.05, 0.1) is 6.04 Å². The monoisotopic (exact) mass is 299 g/mol. The smallest absolute Gasteiger partial charge is 0.408 e. The van der Waals surface area contributed by atoms with Gasteiger partial charge in [0.1, 0.15) is 5.60 Å². The van der Waals surface area contributed by atoms with Crippen LogP contribution in [0.5, 0.6) is 0 Å². The van der Waals surface area contributed by atoms with E-state index in [9.17, 15) is 9.59 Å². The number of amides is 1. The summed E-state index contributed by atoms with van der Waals surface area (Å²) in [4.78, 5) is 21.8. The average molecular weight is 299 g/mol. The quantitative estimate of drug-likeness (QED) is 0.625. The maximum Gasteiger partial charge on any atom is 0.408 e. The van der Waals surface area contributed by atoms with Gasteiger partial charge in [-0.05, 0) is 27.7 Å². The minimum atomic E-state index is -0.565. The minimum absolute atomic E-state index is 0.122. The molecule has 13 heavy (non-hydrogen) atoms. The van der Waals surface area contributed by atoms with Gasteiger partial charge in [0.25, 0.3) is 0 Å². The van der Waals surface area contributed by atoms with Crippen LogP contribution in [0, 0.1) is 0 Å². The van der Waals surface area contributed by atoms with E-state index in [2.05, 4.69) is 5.32 Å². The predicted octanol–water partition coefficient (Wildman–Crippen LogP) is 1.86. The summed E-state index contributed by atoms with van der Waals surface area (Å²) in [5.41, 5.74) is -0.530. The zero-order valence-electron chi connectivity index (χ0n) is 8.18. The van der Waals surface area contributed by atoms with Crippen molar-refractivity contribution < 1.29 is 14.3 Å². The molecule has 4 nitrogen and oxygen atoms in total. The normalized spacial score (nSPS) is 13.3. The van der Waals surface area contributed by atoms with E-state index in [1.165, 1.54) is 0 Å². The molecular formula is C8H14INO3. The lowest BCUT2D eigenvalue weighted by Gasteiger charge is -2.20. The van der Waals surface area contributed by atoms with Gasteiger partial charge in [-0.15, -0.1) is 0 Å². The van der Waals surface area contributed by atoms with Gasteiger partial charge in [-0.2, -0.15) is 0 Å². The van der Waals surface area contributed by atoms with Crippen molar-refractivity contribution in [3.8, 4) is 0 Å². The first-order valence-electron chi connectivity index (χ1n) is 3.91. The summed E-state index contributed by atoms with van der Waals surface area (Å²) in [6.07, 6.45) is -0.565. The van der Waals surface area contributed by atoms with Crippen LogP contribution in [0.3, 0.4) is 0 Å². The molecule has 0 aliphatic rings. The summed E-state index contributed by atoms with van der Waals surface area (Å²) < 4.78 is 4.83. The van der Waals surface area contributed by atoms with Gasteiger partial charge in [0, 0.05) is 22.6 Å². The highest BCUT2D eigenvalue weighted by Crippen LogP contribution is 2.07. The summed E-state index contributed by atoms with van der Waals surface area (Å²) in [7, 11) is 0. The molecule has 76 valence electrons. The Morgan fingerprint density at radius 2 is 1.85 bits per heavy atom. The first-order chi connectivity index (χ1) is 5.72. The van der Waals surface area contributed by atoms with Crippen molar-refractivity contribution in [2.45, 2.75) is 39.3 Å². The lowest BCUT2D eigenvalue weighted by molar-refractivity contribution is -0.110. The molecule has 0 unspecified atom stereocenters. The number of nitrogens with one attached hydrogen (secondary N) is 1. The Bertz CT molecular complexity index is 210. The Morgan fingerprint density at radius 3 is 2.15 bits per heavy atom. The Morgan fingerprint density at radius 1 is 1.38 bits per heavy atom. The van der Waals surface area contributed by atoms with E-state index < -0.39 is 17.7 Å². The first-order valence-corrected chi connectivity index (χ1v) is 4.99. The summed E-state index contributed by atoms with van der Waals surface area (Å²) in [6.45, 7) is 6.91. The van der Waals surface area contributed by atoms with Crippen molar-refractivity contribution in [3.63, 3.8) is 0 Å². The number of carbonyl (C=O) groups is 2. The van der Waals surface area contributed by atoms with Crippen molar-refractivity contribution in [3.05, 3.63) is 0 Å². The molecule has 0 aliphatic carbocycles. The van der Waals surface area contributed by atoms with Crippen LogP contribution < -0.4 is 5.32 Å². The second-order valence-electron chi connectivity index (χ2n) is 3.67. The Labute approximate surface area is 91.5 Å². The third-order valence-corrected chi connectivity index (χ3v) is 2.01. The summed E-state index contributed by atoms with van der Waals surface area (Å²) in [6, 6.07) is -0.504. The summed E-state index contributed by atoms with van der Waals surface area (Å²) in [5, 5.41) is 2.42. The van der Waals surface area contributed by atoms with Gasteiger partial charge < -0.3 is 10.1 Å². The van der Waals surface area contributed by atoms with Crippen LogP contribution in [0.15, 0.2) is 0 Å². The van der Waals surface area contributed by atoms with Crippen LogP contribution >= 0.6 is 22.6 Å². The molecule has 0 aromatic heterocycles. The van der Waals surface area contributed by atoms with Gasteiger partial charge >= 0.3 is 6.09 Å². The largest absolute Gasteiger partial charge is 0.444 e. The molecule has 0 saturated carbocycles. The van der Waals surface area contributed by atoms with Crippen molar-refractivity contribution in [1.29, 1.82) is 0 Å². The molecule has 0 aliphatic heterocycles. The zero-order valence-corrected chi connectivity index (χ0v) is 10.3. The third kappa shape index (κ3) is 6.80. The summed E-state index contributed by atoms with van der Waals surface area (Å²) >= 11 is 1.63. The first kappa shape index (κ1) is 12.7. The molecule has 0 fully saturated rings. The maximum atomic E-state index is 11.1. The van der Waals surface area contributed by atoms with Crippen molar-refractivity contribution in [2.75, 3.05) is 0 Å².